The van der Waals surface area contributed by atoms with E-state index < -0.39 is 11.9 Å². The first kappa shape index (κ1) is 12.5. The Morgan fingerprint density at radius 1 is 1.25 bits per heavy atom. The second kappa shape index (κ2) is 5.53. The molecule has 0 spiro atoms. The number of carbonyl (C=O) groups is 2. The molecule has 0 heterocycles. The molecular weight excluding hydrogens is 253 g/mol. The lowest BCUT2D eigenvalue weighted by Crippen LogP contribution is -2.11. The lowest BCUT2D eigenvalue weighted by atomic mass is 10.2. The molecule has 0 radical (unpaired) electrons. The number of halogens is 2. The quantitative estimate of drug-likeness (QED) is 0.821. The van der Waals surface area contributed by atoms with Crippen molar-refractivity contribution in [3.8, 4) is 0 Å². The van der Waals surface area contributed by atoms with Crippen molar-refractivity contribution in [1.29, 1.82) is 0 Å². The summed E-state index contributed by atoms with van der Waals surface area (Å²) in [6, 6.07) is 5.66. The highest BCUT2D eigenvalue weighted by atomic mass is 35.5. The third kappa shape index (κ3) is 3.25. The van der Waals surface area contributed by atoms with Crippen LogP contribution in [-0.4, -0.2) is 17.0 Å². The van der Waals surface area contributed by atoms with E-state index in [1.807, 2.05) is 0 Å². The summed E-state index contributed by atoms with van der Waals surface area (Å²) in [5.41, 5.74) is 1.52. The van der Waals surface area contributed by atoms with Gasteiger partial charge in [-0.05, 0) is 24.3 Å². The van der Waals surface area contributed by atoms with Crippen molar-refractivity contribution in [3.63, 3.8) is 0 Å². The minimum Gasteiger partial charge on any atom is -0.478 e. The fourth-order valence-electron chi connectivity index (χ4n) is 0.936. The maximum absolute atomic E-state index is 11.3. The summed E-state index contributed by atoms with van der Waals surface area (Å²) in [5.74, 6) is -1.59. The van der Waals surface area contributed by atoms with Crippen molar-refractivity contribution in [1.82, 2.24) is 0 Å². The molecule has 1 aromatic carbocycles. The van der Waals surface area contributed by atoms with E-state index >= 15 is 0 Å². The Morgan fingerprint density at radius 2 is 1.81 bits per heavy atom. The van der Waals surface area contributed by atoms with Crippen LogP contribution in [0.4, 0.5) is 5.69 Å². The highest BCUT2D eigenvalue weighted by Gasteiger charge is 2.07. The van der Waals surface area contributed by atoms with Crippen LogP contribution in [0.5, 0.6) is 0 Å². The SMILES string of the molecule is O=C(Nc1ccc(C(=O)O)cc1)/C(Cl)=C/Cl. The topological polar surface area (TPSA) is 66.4 Å². The molecule has 4 nitrogen and oxygen atoms in total. The summed E-state index contributed by atoms with van der Waals surface area (Å²) in [7, 11) is 0. The summed E-state index contributed by atoms with van der Waals surface area (Å²) in [6.45, 7) is 0. The van der Waals surface area contributed by atoms with E-state index in [-0.39, 0.29) is 10.6 Å². The van der Waals surface area contributed by atoms with E-state index in [2.05, 4.69) is 5.32 Å². The second-order valence-corrected chi connectivity index (χ2v) is 3.42. The van der Waals surface area contributed by atoms with Gasteiger partial charge in [0.2, 0.25) is 0 Å². The van der Waals surface area contributed by atoms with Crippen LogP contribution in [0.25, 0.3) is 0 Å². The number of anilines is 1. The molecule has 1 rings (SSSR count). The van der Waals surface area contributed by atoms with Crippen LogP contribution in [0.2, 0.25) is 0 Å². The molecular formula is C10H7Cl2NO3. The minimum atomic E-state index is -1.03. The van der Waals surface area contributed by atoms with Gasteiger partial charge in [0.25, 0.3) is 5.91 Å². The number of amides is 1. The molecule has 0 aliphatic heterocycles. The van der Waals surface area contributed by atoms with Gasteiger partial charge in [-0.15, -0.1) is 0 Å². The second-order valence-electron chi connectivity index (χ2n) is 2.79. The number of aromatic carboxylic acids is 1. The highest BCUT2D eigenvalue weighted by molar-refractivity contribution is 6.47. The zero-order chi connectivity index (χ0) is 12.1. The van der Waals surface area contributed by atoms with Crippen LogP contribution in [0.3, 0.4) is 0 Å². The molecule has 0 bridgehead atoms. The first-order chi connectivity index (χ1) is 7.54. The van der Waals surface area contributed by atoms with Crippen LogP contribution in [-0.2, 0) is 4.79 Å². The van der Waals surface area contributed by atoms with Gasteiger partial charge < -0.3 is 10.4 Å². The van der Waals surface area contributed by atoms with Gasteiger partial charge >= 0.3 is 5.97 Å². The fraction of sp³-hybridized carbons (Fsp3) is 0. The van der Waals surface area contributed by atoms with E-state index in [1.54, 1.807) is 0 Å². The molecule has 16 heavy (non-hydrogen) atoms. The number of benzene rings is 1. The van der Waals surface area contributed by atoms with E-state index in [1.165, 1.54) is 24.3 Å². The average molecular weight is 260 g/mol. The average Bonchev–Trinajstić information content (AvgIpc) is 2.28. The molecule has 0 aromatic heterocycles. The fourth-order valence-corrected chi connectivity index (χ4v) is 1.08. The van der Waals surface area contributed by atoms with Gasteiger partial charge in [0, 0.05) is 11.2 Å². The molecule has 0 saturated carbocycles. The van der Waals surface area contributed by atoms with Gasteiger partial charge in [-0.1, -0.05) is 23.2 Å². The number of carboxylic acid groups (broad SMARTS) is 1. The minimum absolute atomic E-state index is 0.136. The number of hydrogen-bond donors (Lipinski definition) is 2. The van der Waals surface area contributed by atoms with E-state index in [0.29, 0.717) is 5.69 Å². The Labute approximate surface area is 101 Å². The van der Waals surface area contributed by atoms with Crippen LogP contribution in [0.15, 0.2) is 34.8 Å². The summed E-state index contributed by atoms with van der Waals surface area (Å²) >= 11 is 10.7. The standard InChI is InChI=1S/C10H7Cl2NO3/c11-5-8(12)9(14)13-7-3-1-6(2-4-7)10(15)16/h1-5H,(H,13,14)(H,15,16)/b8-5-. The lowest BCUT2D eigenvalue weighted by Gasteiger charge is -2.03. The maximum Gasteiger partial charge on any atom is 0.335 e. The van der Waals surface area contributed by atoms with Gasteiger partial charge in [0.1, 0.15) is 5.03 Å². The molecule has 0 saturated heterocycles. The Morgan fingerprint density at radius 3 is 2.25 bits per heavy atom. The van der Waals surface area contributed by atoms with Crippen molar-refractivity contribution in [2.75, 3.05) is 5.32 Å². The van der Waals surface area contributed by atoms with Gasteiger partial charge in [-0.25, -0.2) is 4.79 Å². The Bertz CT molecular complexity index is 440. The Balaban J connectivity index is 2.76. The van der Waals surface area contributed by atoms with Crippen molar-refractivity contribution in [2.24, 2.45) is 0 Å². The van der Waals surface area contributed by atoms with E-state index in [0.717, 1.165) is 5.54 Å². The largest absolute Gasteiger partial charge is 0.478 e. The van der Waals surface area contributed by atoms with E-state index in [9.17, 15) is 9.59 Å². The Hall–Kier alpha value is -1.52. The number of hydrogen-bond acceptors (Lipinski definition) is 2. The highest BCUT2D eigenvalue weighted by Crippen LogP contribution is 2.12. The zero-order valence-corrected chi connectivity index (χ0v) is 9.42. The predicted molar refractivity (Wildman–Crippen MR) is 61.8 cm³/mol. The van der Waals surface area contributed by atoms with Gasteiger partial charge in [0.05, 0.1) is 5.56 Å². The third-order valence-corrected chi connectivity index (χ3v) is 2.31. The zero-order valence-electron chi connectivity index (χ0n) is 7.91. The molecule has 0 atom stereocenters. The summed E-state index contributed by atoms with van der Waals surface area (Å²) < 4.78 is 0. The normalized spacial score (nSPS) is 11.0. The molecule has 84 valence electrons. The first-order valence-electron chi connectivity index (χ1n) is 4.15. The number of carbonyl (C=O) groups excluding carboxylic acids is 1. The maximum atomic E-state index is 11.3. The number of rotatable bonds is 3. The van der Waals surface area contributed by atoms with Gasteiger partial charge in [0.15, 0.2) is 0 Å². The molecule has 0 unspecified atom stereocenters. The smallest absolute Gasteiger partial charge is 0.335 e. The molecule has 1 amide bonds. The molecule has 0 aliphatic carbocycles. The molecule has 0 fully saturated rings. The molecule has 0 aliphatic rings. The number of carboxylic acids is 1. The molecule has 1 aromatic rings. The lowest BCUT2D eigenvalue weighted by molar-refractivity contribution is -0.112. The summed E-state index contributed by atoms with van der Waals surface area (Å²) in [5, 5.41) is 10.9. The van der Waals surface area contributed by atoms with Crippen LogP contribution in [0, 0.1) is 0 Å². The first-order valence-corrected chi connectivity index (χ1v) is 4.96. The summed E-state index contributed by atoms with van der Waals surface area (Å²) in [4.78, 5) is 21.8. The monoisotopic (exact) mass is 259 g/mol. The van der Waals surface area contributed by atoms with E-state index in [4.69, 9.17) is 28.3 Å². The van der Waals surface area contributed by atoms with Gasteiger partial charge in [-0.2, -0.15) is 0 Å². The number of nitrogens with one attached hydrogen (secondary N) is 1. The third-order valence-electron chi connectivity index (χ3n) is 1.70. The van der Waals surface area contributed by atoms with Crippen molar-refractivity contribution < 1.29 is 14.7 Å². The predicted octanol–water partition coefficient (Wildman–Crippen LogP) is 2.64. The van der Waals surface area contributed by atoms with Gasteiger partial charge in [-0.3, -0.25) is 4.79 Å². The van der Waals surface area contributed by atoms with Crippen molar-refractivity contribution in [3.05, 3.63) is 40.4 Å². The van der Waals surface area contributed by atoms with Crippen molar-refractivity contribution >= 4 is 40.8 Å². The van der Waals surface area contributed by atoms with Crippen LogP contribution >= 0.6 is 23.2 Å². The summed E-state index contributed by atoms with van der Waals surface area (Å²) in [6.07, 6.45) is 0. The van der Waals surface area contributed by atoms with Crippen molar-refractivity contribution in [2.45, 2.75) is 0 Å². The van der Waals surface area contributed by atoms with Crippen LogP contribution < -0.4 is 5.32 Å². The molecule has 2 N–H and O–H groups in total. The Kier molecular flexibility index (Phi) is 4.34. The molecule has 6 heteroatoms. The van der Waals surface area contributed by atoms with Crippen LogP contribution in [0.1, 0.15) is 10.4 Å².